The Morgan fingerprint density at radius 2 is 1.81 bits per heavy atom. The molecule has 0 radical (unpaired) electrons. The zero-order chi connectivity index (χ0) is 17.8. The fourth-order valence-corrected chi connectivity index (χ4v) is 3.06. The number of piperazine rings is 1. The van der Waals surface area contributed by atoms with Gasteiger partial charge in [-0.05, 0) is 24.3 Å². The summed E-state index contributed by atoms with van der Waals surface area (Å²) in [6.45, 7) is 3.95. The molecular formula is C19H18N6O. The molecule has 0 spiro atoms. The van der Waals surface area contributed by atoms with Crippen LogP contribution in [0.1, 0.15) is 11.5 Å². The third kappa shape index (κ3) is 3.41. The minimum absolute atomic E-state index is 0.548. The van der Waals surface area contributed by atoms with Crippen molar-refractivity contribution in [3.05, 3.63) is 60.1 Å². The Labute approximate surface area is 151 Å². The molecular weight excluding hydrogens is 328 g/mol. The Hall–Kier alpha value is -3.24. The van der Waals surface area contributed by atoms with Crippen molar-refractivity contribution >= 4 is 5.82 Å². The molecule has 1 aromatic carbocycles. The summed E-state index contributed by atoms with van der Waals surface area (Å²) in [5.41, 5.74) is 1.54. The zero-order valence-electron chi connectivity index (χ0n) is 14.2. The van der Waals surface area contributed by atoms with Crippen LogP contribution in [-0.2, 0) is 6.54 Å². The number of hydrogen-bond donors (Lipinski definition) is 0. The van der Waals surface area contributed by atoms with Crippen molar-refractivity contribution in [2.75, 3.05) is 31.1 Å². The number of benzene rings is 1. The molecule has 3 heterocycles. The summed E-state index contributed by atoms with van der Waals surface area (Å²) in [7, 11) is 0. The molecule has 0 N–H and O–H groups in total. The molecule has 4 rings (SSSR count). The normalized spacial score (nSPS) is 15.0. The van der Waals surface area contributed by atoms with Crippen molar-refractivity contribution in [2.24, 2.45) is 0 Å². The van der Waals surface area contributed by atoms with Gasteiger partial charge in [0.2, 0.25) is 11.8 Å². The monoisotopic (exact) mass is 346 g/mol. The molecule has 0 unspecified atom stereocenters. The molecule has 0 aliphatic carbocycles. The first-order chi connectivity index (χ1) is 12.8. The van der Waals surface area contributed by atoms with Gasteiger partial charge in [-0.3, -0.25) is 4.90 Å². The highest BCUT2D eigenvalue weighted by atomic mass is 16.4. The minimum Gasteiger partial charge on any atom is -0.419 e. The van der Waals surface area contributed by atoms with Crippen LogP contribution < -0.4 is 4.90 Å². The van der Waals surface area contributed by atoms with Crippen molar-refractivity contribution in [1.82, 2.24) is 20.1 Å². The molecule has 0 atom stereocenters. The number of pyridine rings is 1. The summed E-state index contributed by atoms with van der Waals surface area (Å²) < 4.78 is 5.79. The second-order valence-electron chi connectivity index (χ2n) is 6.12. The maximum Gasteiger partial charge on any atom is 0.247 e. The molecule has 130 valence electrons. The smallest absolute Gasteiger partial charge is 0.247 e. The molecule has 1 aliphatic rings. The highest BCUT2D eigenvalue weighted by molar-refractivity contribution is 5.54. The van der Waals surface area contributed by atoms with Crippen LogP contribution in [0.15, 0.2) is 53.1 Å². The predicted octanol–water partition coefficient (Wildman–Crippen LogP) is 2.33. The average Bonchev–Trinajstić information content (AvgIpc) is 3.18. The highest BCUT2D eigenvalue weighted by Crippen LogP contribution is 2.20. The van der Waals surface area contributed by atoms with E-state index in [0.717, 1.165) is 37.6 Å². The van der Waals surface area contributed by atoms with Gasteiger partial charge in [-0.25, -0.2) is 4.98 Å². The lowest BCUT2D eigenvalue weighted by atomic mass is 10.2. The highest BCUT2D eigenvalue weighted by Gasteiger charge is 2.21. The Kier molecular flexibility index (Phi) is 4.58. The van der Waals surface area contributed by atoms with Crippen LogP contribution in [0.3, 0.4) is 0 Å². The Morgan fingerprint density at radius 3 is 2.58 bits per heavy atom. The maximum absolute atomic E-state index is 9.24. The van der Waals surface area contributed by atoms with Gasteiger partial charge in [0.05, 0.1) is 12.1 Å². The fourth-order valence-electron chi connectivity index (χ4n) is 3.06. The zero-order valence-corrected chi connectivity index (χ0v) is 14.2. The number of aromatic nitrogens is 3. The number of rotatable bonds is 4. The summed E-state index contributed by atoms with van der Waals surface area (Å²) in [6, 6.07) is 15.6. The molecule has 0 saturated carbocycles. The van der Waals surface area contributed by atoms with Gasteiger partial charge in [-0.1, -0.05) is 18.2 Å². The molecule has 7 nitrogen and oxygen atoms in total. The molecule has 26 heavy (non-hydrogen) atoms. The first kappa shape index (κ1) is 16.2. The number of nitrogens with zero attached hydrogens (tertiary/aromatic N) is 6. The minimum atomic E-state index is 0.548. The van der Waals surface area contributed by atoms with E-state index in [9.17, 15) is 5.26 Å². The van der Waals surface area contributed by atoms with Crippen molar-refractivity contribution in [3.8, 4) is 17.5 Å². The van der Waals surface area contributed by atoms with Crippen molar-refractivity contribution in [3.63, 3.8) is 0 Å². The van der Waals surface area contributed by atoms with Gasteiger partial charge in [-0.15, -0.1) is 10.2 Å². The lowest BCUT2D eigenvalue weighted by Gasteiger charge is -2.34. The first-order valence-electron chi connectivity index (χ1n) is 8.54. The van der Waals surface area contributed by atoms with Crippen LogP contribution in [0, 0.1) is 11.3 Å². The second-order valence-corrected chi connectivity index (χ2v) is 6.12. The standard InChI is InChI=1S/C19H18N6O/c20-13-16-7-4-8-21-18(16)25-11-9-24(10-12-25)14-17-22-23-19(26-17)15-5-2-1-3-6-15/h1-8H,9-12,14H2. The molecule has 1 fully saturated rings. The van der Waals surface area contributed by atoms with Crippen molar-refractivity contribution in [2.45, 2.75) is 6.54 Å². The molecule has 0 amide bonds. The van der Waals surface area contributed by atoms with Gasteiger partial charge in [0, 0.05) is 37.9 Å². The summed E-state index contributed by atoms with van der Waals surface area (Å²) in [4.78, 5) is 8.79. The van der Waals surface area contributed by atoms with E-state index >= 15 is 0 Å². The largest absolute Gasteiger partial charge is 0.419 e. The first-order valence-corrected chi connectivity index (χ1v) is 8.54. The van der Waals surface area contributed by atoms with E-state index in [4.69, 9.17) is 4.42 Å². The Bertz CT molecular complexity index is 909. The van der Waals surface area contributed by atoms with Gasteiger partial charge < -0.3 is 9.32 Å². The van der Waals surface area contributed by atoms with Crippen molar-refractivity contribution < 1.29 is 4.42 Å². The van der Waals surface area contributed by atoms with Crippen LogP contribution in [0.4, 0.5) is 5.82 Å². The van der Waals surface area contributed by atoms with Crippen LogP contribution in [0.5, 0.6) is 0 Å². The van der Waals surface area contributed by atoms with Crippen LogP contribution in [-0.4, -0.2) is 46.3 Å². The van der Waals surface area contributed by atoms with E-state index in [1.165, 1.54) is 0 Å². The van der Waals surface area contributed by atoms with E-state index in [-0.39, 0.29) is 0 Å². The van der Waals surface area contributed by atoms with E-state index in [0.29, 0.717) is 23.9 Å². The third-order valence-corrected chi connectivity index (χ3v) is 4.43. The van der Waals surface area contributed by atoms with Crippen LogP contribution in [0.25, 0.3) is 11.5 Å². The van der Waals surface area contributed by atoms with E-state index in [1.807, 2.05) is 30.3 Å². The predicted molar refractivity (Wildman–Crippen MR) is 96.2 cm³/mol. The number of anilines is 1. The summed E-state index contributed by atoms with van der Waals surface area (Å²) in [6.07, 6.45) is 1.73. The van der Waals surface area contributed by atoms with Crippen LogP contribution in [0.2, 0.25) is 0 Å². The van der Waals surface area contributed by atoms with E-state index in [2.05, 4.69) is 31.1 Å². The fraction of sp³-hybridized carbons (Fsp3) is 0.263. The van der Waals surface area contributed by atoms with Crippen molar-refractivity contribution in [1.29, 1.82) is 5.26 Å². The van der Waals surface area contributed by atoms with E-state index in [1.54, 1.807) is 18.3 Å². The molecule has 7 heteroatoms. The quantitative estimate of drug-likeness (QED) is 0.717. The molecule has 2 aromatic heterocycles. The summed E-state index contributed by atoms with van der Waals surface area (Å²) in [5, 5.41) is 17.5. The SMILES string of the molecule is N#Cc1cccnc1N1CCN(Cc2nnc(-c3ccccc3)o2)CC1. The molecule has 0 bridgehead atoms. The van der Waals surface area contributed by atoms with Crippen LogP contribution >= 0.6 is 0 Å². The van der Waals surface area contributed by atoms with Gasteiger partial charge >= 0.3 is 0 Å². The Morgan fingerprint density at radius 1 is 1.00 bits per heavy atom. The molecule has 1 saturated heterocycles. The van der Waals surface area contributed by atoms with Gasteiger partial charge in [-0.2, -0.15) is 5.26 Å². The average molecular weight is 346 g/mol. The maximum atomic E-state index is 9.24. The number of hydrogen-bond acceptors (Lipinski definition) is 7. The topological polar surface area (TPSA) is 82.1 Å². The lowest BCUT2D eigenvalue weighted by molar-refractivity contribution is 0.226. The Balaban J connectivity index is 1.37. The lowest BCUT2D eigenvalue weighted by Crippen LogP contribution is -2.46. The van der Waals surface area contributed by atoms with E-state index < -0.39 is 0 Å². The van der Waals surface area contributed by atoms with Gasteiger partial charge in [0.25, 0.3) is 0 Å². The summed E-state index contributed by atoms with van der Waals surface area (Å²) in [5.74, 6) is 1.93. The second kappa shape index (κ2) is 7.33. The number of nitriles is 1. The van der Waals surface area contributed by atoms with Gasteiger partial charge in [0.15, 0.2) is 0 Å². The molecule has 3 aromatic rings. The molecule has 1 aliphatic heterocycles. The third-order valence-electron chi connectivity index (χ3n) is 4.43. The van der Waals surface area contributed by atoms with Gasteiger partial charge in [0.1, 0.15) is 11.9 Å². The summed E-state index contributed by atoms with van der Waals surface area (Å²) >= 11 is 0.